The normalized spacial score (nSPS) is 10.5. The van der Waals surface area contributed by atoms with Gasteiger partial charge in [-0.2, -0.15) is 5.10 Å². The number of methoxy groups -OCH3 is 1. The van der Waals surface area contributed by atoms with Crippen LogP contribution in [-0.4, -0.2) is 28.6 Å². The summed E-state index contributed by atoms with van der Waals surface area (Å²) in [4.78, 5) is 0. The number of rotatable bonds is 4. The van der Waals surface area contributed by atoms with Gasteiger partial charge in [-0.25, -0.2) is 0 Å². The first kappa shape index (κ1) is 11.5. The molecule has 1 heterocycles. The number of hydrogen-bond donors (Lipinski definition) is 2. The highest BCUT2D eigenvalue weighted by molar-refractivity contribution is 5.77. The molecule has 0 atom stereocenters. The van der Waals surface area contributed by atoms with Crippen molar-refractivity contribution in [3.8, 4) is 17.0 Å². The van der Waals surface area contributed by atoms with Crippen molar-refractivity contribution < 1.29 is 9.84 Å². The molecule has 2 aromatic rings. The highest BCUT2D eigenvalue weighted by Gasteiger charge is 2.14. The number of anilines is 1. The van der Waals surface area contributed by atoms with Crippen molar-refractivity contribution in [2.75, 3.05) is 19.5 Å². The van der Waals surface area contributed by atoms with Gasteiger partial charge in [-0.1, -0.05) is 12.1 Å². The molecule has 3 N–H and O–H groups in total. The van der Waals surface area contributed by atoms with Crippen LogP contribution in [0, 0.1) is 0 Å². The molecule has 5 heteroatoms. The van der Waals surface area contributed by atoms with Gasteiger partial charge in [-0.05, 0) is 12.1 Å². The summed E-state index contributed by atoms with van der Waals surface area (Å²) in [7, 11) is 1.61. The SMILES string of the molecule is COc1ccccc1-c1c(N)cnn1CCO. The summed E-state index contributed by atoms with van der Waals surface area (Å²) in [6.07, 6.45) is 1.58. The van der Waals surface area contributed by atoms with Crippen molar-refractivity contribution in [3.63, 3.8) is 0 Å². The Morgan fingerprint density at radius 3 is 2.88 bits per heavy atom. The average Bonchev–Trinajstić information content (AvgIpc) is 2.71. The maximum Gasteiger partial charge on any atom is 0.128 e. The molecule has 2 rings (SSSR count). The van der Waals surface area contributed by atoms with Crippen LogP contribution in [0.15, 0.2) is 30.5 Å². The monoisotopic (exact) mass is 233 g/mol. The molecule has 0 radical (unpaired) electrons. The zero-order valence-corrected chi connectivity index (χ0v) is 9.63. The summed E-state index contributed by atoms with van der Waals surface area (Å²) in [5.74, 6) is 0.735. The predicted octanol–water partition coefficient (Wildman–Crippen LogP) is 1.13. The number of aromatic nitrogens is 2. The quantitative estimate of drug-likeness (QED) is 0.830. The van der Waals surface area contributed by atoms with Crippen LogP contribution in [-0.2, 0) is 6.54 Å². The van der Waals surface area contributed by atoms with Crippen LogP contribution < -0.4 is 10.5 Å². The van der Waals surface area contributed by atoms with Gasteiger partial charge in [0.05, 0.1) is 37.8 Å². The minimum atomic E-state index is 0.0171. The fourth-order valence-corrected chi connectivity index (χ4v) is 1.80. The topological polar surface area (TPSA) is 73.3 Å². The second-order valence-corrected chi connectivity index (χ2v) is 3.60. The molecule has 1 aromatic carbocycles. The lowest BCUT2D eigenvalue weighted by Crippen LogP contribution is -2.06. The van der Waals surface area contributed by atoms with Crippen LogP contribution in [0.2, 0.25) is 0 Å². The predicted molar refractivity (Wildman–Crippen MR) is 65.7 cm³/mol. The Morgan fingerprint density at radius 1 is 1.41 bits per heavy atom. The number of nitrogen functional groups attached to an aromatic ring is 1. The smallest absolute Gasteiger partial charge is 0.128 e. The van der Waals surface area contributed by atoms with Crippen LogP contribution >= 0.6 is 0 Å². The minimum absolute atomic E-state index is 0.0171. The van der Waals surface area contributed by atoms with E-state index in [-0.39, 0.29) is 6.61 Å². The third-order valence-electron chi connectivity index (χ3n) is 2.54. The molecule has 0 bridgehead atoms. The average molecular weight is 233 g/mol. The van der Waals surface area contributed by atoms with E-state index < -0.39 is 0 Å². The number of ether oxygens (including phenoxy) is 1. The zero-order valence-electron chi connectivity index (χ0n) is 9.63. The molecule has 0 aliphatic carbocycles. The highest BCUT2D eigenvalue weighted by atomic mass is 16.5. The maximum atomic E-state index is 8.99. The number of nitrogens with two attached hydrogens (primary N) is 1. The molecule has 17 heavy (non-hydrogen) atoms. The molecular formula is C12H15N3O2. The van der Waals surface area contributed by atoms with Crippen LogP contribution in [0.1, 0.15) is 0 Å². The van der Waals surface area contributed by atoms with Gasteiger partial charge in [0, 0.05) is 5.56 Å². The molecule has 0 aliphatic rings. The van der Waals surface area contributed by atoms with E-state index in [1.165, 1.54) is 0 Å². The summed E-state index contributed by atoms with van der Waals surface area (Å²) in [5.41, 5.74) is 8.13. The van der Waals surface area contributed by atoms with Gasteiger partial charge >= 0.3 is 0 Å². The second-order valence-electron chi connectivity index (χ2n) is 3.60. The summed E-state index contributed by atoms with van der Waals surface area (Å²) < 4.78 is 6.97. The molecule has 0 aliphatic heterocycles. The van der Waals surface area contributed by atoms with E-state index in [1.54, 1.807) is 18.0 Å². The van der Waals surface area contributed by atoms with Gasteiger partial charge in [0.15, 0.2) is 0 Å². The summed E-state index contributed by atoms with van der Waals surface area (Å²) in [5, 5.41) is 13.1. The Balaban J connectivity index is 2.55. The highest BCUT2D eigenvalue weighted by Crippen LogP contribution is 2.33. The molecule has 0 saturated carbocycles. The fourth-order valence-electron chi connectivity index (χ4n) is 1.80. The third kappa shape index (κ3) is 2.09. The number of nitrogens with zero attached hydrogens (tertiary/aromatic N) is 2. The molecular weight excluding hydrogens is 218 g/mol. The third-order valence-corrected chi connectivity index (χ3v) is 2.54. The van der Waals surface area contributed by atoms with Gasteiger partial charge in [-0.15, -0.1) is 0 Å². The Hall–Kier alpha value is -2.01. The summed E-state index contributed by atoms with van der Waals surface area (Å²) in [6.45, 7) is 0.424. The van der Waals surface area contributed by atoms with E-state index in [2.05, 4.69) is 5.10 Å². The molecule has 1 aromatic heterocycles. The largest absolute Gasteiger partial charge is 0.496 e. The summed E-state index contributed by atoms with van der Waals surface area (Å²) in [6, 6.07) is 7.59. The van der Waals surface area contributed by atoms with Crippen LogP contribution in [0.25, 0.3) is 11.3 Å². The lowest BCUT2D eigenvalue weighted by Gasteiger charge is -2.11. The van der Waals surface area contributed by atoms with E-state index in [9.17, 15) is 0 Å². The molecule has 0 spiro atoms. The zero-order chi connectivity index (χ0) is 12.3. The molecule has 90 valence electrons. The number of para-hydroxylation sites is 1. The van der Waals surface area contributed by atoms with E-state index in [0.717, 1.165) is 17.0 Å². The number of hydrogen-bond acceptors (Lipinski definition) is 4. The van der Waals surface area contributed by atoms with Gasteiger partial charge in [0.2, 0.25) is 0 Å². The number of aliphatic hydroxyl groups is 1. The Bertz CT molecular complexity index is 508. The molecule has 0 fully saturated rings. The molecule has 0 unspecified atom stereocenters. The number of aliphatic hydroxyl groups excluding tert-OH is 1. The Kier molecular flexibility index (Phi) is 3.30. The Labute approximate surface area is 99.4 Å². The van der Waals surface area contributed by atoms with Gasteiger partial charge in [-0.3, -0.25) is 4.68 Å². The van der Waals surface area contributed by atoms with Crippen molar-refractivity contribution in [3.05, 3.63) is 30.5 Å². The van der Waals surface area contributed by atoms with Gasteiger partial charge in [0.1, 0.15) is 5.75 Å². The van der Waals surface area contributed by atoms with E-state index in [4.69, 9.17) is 15.6 Å². The first-order chi connectivity index (χ1) is 8.27. The van der Waals surface area contributed by atoms with Crippen LogP contribution in [0.5, 0.6) is 5.75 Å². The first-order valence-electron chi connectivity index (χ1n) is 5.33. The van der Waals surface area contributed by atoms with E-state index in [0.29, 0.717) is 12.2 Å². The maximum absolute atomic E-state index is 8.99. The lowest BCUT2D eigenvalue weighted by atomic mass is 10.1. The standard InChI is InChI=1S/C12H15N3O2/c1-17-11-5-3-2-4-9(11)12-10(13)8-14-15(12)6-7-16/h2-5,8,16H,6-7,13H2,1H3. The van der Waals surface area contributed by atoms with E-state index in [1.807, 2.05) is 24.3 Å². The van der Waals surface area contributed by atoms with Crippen molar-refractivity contribution in [1.82, 2.24) is 9.78 Å². The fraction of sp³-hybridized carbons (Fsp3) is 0.250. The van der Waals surface area contributed by atoms with E-state index >= 15 is 0 Å². The van der Waals surface area contributed by atoms with Gasteiger partial charge in [0.25, 0.3) is 0 Å². The van der Waals surface area contributed by atoms with Crippen molar-refractivity contribution >= 4 is 5.69 Å². The minimum Gasteiger partial charge on any atom is -0.496 e. The Morgan fingerprint density at radius 2 is 2.18 bits per heavy atom. The van der Waals surface area contributed by atoms with Crippen molar-refractivity contribution in [2.24, 2.45) is 0 Å². The van der Waals surface area contributed by atoms with Crippen molar-refractivity contribution in [1.29, 1.82) is 0 Å². The second kappa shape index (κ2) is 4.88. The van der Waals surface area contributed by atoms with Crippen molar-refractivity contribution in [2.45, 2.75) is 6.54 Å². The first-order valence-corrected chi connectivity index (χ1v) is 5.33. The van der Waals surface area contributed by atoms with Gasteiger partial charge < -0.3 is 15.6 Å². The molecule has 0 amide bonds. The van der Waals surface area contributed by atoms with Crippen LogP contribution in [0.4, 0.5) is 5.69 Å². The lowest BCUT2D eigenvalue weighted by molar-refractivity contribution is 0.270. The van der Waals surface area contributed by atoms with Crippen LogP contribution in [0.3, 0.4) is 0 Å². The molecule has 0 saturated heterocycles. The number of benzene rings is 1. The summed E-state index contributed by atoms with van der Waals surface area (Å²) >= 11 is 0. The molecule has 5 nitrogen and oxygen atoms in total.